The second-order valence-corrected chi connectivity index (χ2v) is 6.50. The van der Waals surface area contributed by atoms with Crippen molar-refractivity contribution in [3.8, 4) is 10.6 Å². The van der Waals surface area contributed by atoms with Crippen LogP contribution in [0.25, 0.3) is 10.6 Å². The van der Waals surface area contributed by atoms with Crippen LogP contribution < -0.4 is 5.32 Å². The van der Waals surface area contributed by atoms with Crippen LogP contribution >= 0.6 is 23.1 Å². The van der Waals surface area contributed by atoms with E-state index in [4.69, 9.17) is 4.42 Å². The number of nitrogens with zero attached hydrogens (tertiary/aromatic N) is 1. The quantitative estimate of drug-likeness (QED) is 0.932. The normalized spacial score (nSPS) is 14.7. The highest BCUT2D eigenvalue weighted by Crippen LogP contribution is 2.37. The van der Waals surface area contributed by atoms with Gasteiger partial charge in [-0.25, -0.2) is 4.98 Å². The molecule has 96 valence electrons. The van der Waals surface area contributed by atoms with Gasteiger partial charge in [0.1, 0.15) is 0 Å². The van der Waals surface area contributed by atoms with E-state index in [0.29, 0.717) is 6.54 Å². The highest BCUT2D eigenvalue weighted by atomic mass is 32.2. The highest BCUT2D eigenvalue weighted by Gasteiger charge is 2.16. The van der Waals surface area contributed by atoms with Crippen LogP contribution in [0.5, 0.6) is 0 Å². The lowest BCUT2D eigenvalue weighted by atomic mass is 10.2. The molecule has 0 aromatic carbocycles. The summed E-state index contributed by atoms with van der Waals surface area (Å²) in [6, 6.07) is 2.27. The fraction of sp³-hybridized carbons (Fsp3) is 0.462. The zero-order valence-corrected chi connectivity index (χ0v) is 12.0. The van der Waals surface area contributed by atoms with Crippen molar-refractivity contribution in [1.82, 2.24) is 10.3 Å². The van der Waals surface area contributed by atoms with Crippen LogP contribution in [0, 0.1) is 0 Å². The lowest BCUT2D eigenvalue weighted by Gasteiger charge is -2.08. The molecule has 3 nitrogen and oxygen atoms in total. The molecule has 1 aliphatic rings. The maximum atomic E-state index is 5.78. The first-order chi connectivity index (χ1) is 8.86. The number of oxazole rings is 1. The molecule has 0 fully saturated rings. The van der Waals surface area contributed by atoms with Crippen molar-refractivity contribution in [2.45, 2.75) is 25.6 Å². The van der Waals surface area contributed by atoms with Crippen LogP contribution in [0.1, 0.15) is 23.3 Å². The molecular weight excluding hydrogens is 264 g/mol. The van der Waals surface area contributed by atoms with E-state index in [1.807, 2.05) is 29.3 Å². The molecule has 0 saturated heterocycles. The molecule has 0 unspecified atom stereocenters. The Balaban J connectivity index is 1.81. The van der Waals surface area contributed by atoms with Gasteiger partial charge >= 0.3 is 0 Å². The van der Waals surface area contributed by atoms with Gasteiger partial charge in [-0.3, -0.25) is 0 Å². The van der Waals surface area contributed by atoms with Crippen LogP contribution in [-0.4, -0.2) is 17.3 Å². The predicted molar refractivity (Wildman–Crippen MR) is 77.1 cm³/mol. The van der Waals surface area contributed by atoms with Crippen LogP contribution in [0.2, 0.25) is 0 Å². The van der Waals surface area contributed by atoms with Crippen LogP contribution in [0.4, 0.5) is 0 Å². The lowest BCUT2D eigenvalue weighted by molar-refractivity contribution is 0.483. The average Bonchev–Trinajstić information content (AvgIpc) is 3.02. The van der Waals surface area contributed by atoms with Gasteiger partial charge in [-0.2, -0.15) is 11.8 Å². The fourth-order valence-electron chi connectivity index (χ4n) is 2.01. The van der Waals surface area contributed by atoms with E-state index in [0.717, 1.165) is 23.9 Å². The first-order valence-corrected chi connectivity index (χ1v) is 8.19. The van der Waals surface area contributed by atoms with Crippen LogP contribution in [-0.2, 0) is 18.7 Å². The van der Waals surface area contributed by atoms with Crippen molar-refractivity contribution < 1.29 is 4.42 Å². The van der Waals surface area contributed by atoms with E-state index in [-0.39, 0.29) is 0 Å². The van der Waals surface area contributed by atoms with E-state index >= 15 is 0 Å². The first kappa shape index (κ1) is 12.3. The van der Waals surface area contributed by atoms with Crippen LogP contribution in [0.3, 0.4) is 0 Å². The third-order valence-electron chi connectivity index (χ3n) is 2.95. The molecule has 3 rings (SSSR count). The molecule has 2 aromatic rings. The SMILES string of the molecule is CCNCc1ncc(-c2cc3c(s2)CCSC3)o1. The Morgan fingerprint density at radius 3 is 3.28 bits per heavy atom. The summed E-state index contributed by atoms with van der Waals surface area (Å²) in [7, 11) is 0. The number of hydrogen-bond acceptors (Lipinski definition) is 5. The number of hydrogen-bond donors (Lipinski definition) is 1. The smallest absolute Gasteiger partial charge is 0.208 e. The summed E-state index contributed by atoms with van der Waals surface area (Å²) < 4.78 is 5.78. The van der Waals surface area contributed by atoms with Crippen molar-refractivity contribution in [2.24, 2.45) is 0 Å². The Morgan fingerprint density at radius 2 is 2.44 bits per heavy atom. The second-order valence-electron chi connectivity index (χ2n) is 4.26. The number of aryl methyl sites for hydroxylation is 1. The number of nitrogens with one attached hydrogen (secondary N) is 1. The molecule has 2 aromatic heterocycles. The van der Waals surface area contributed by atoms with Gasteiger partial charge in [0.25, 0.3) is 0 Å². The van der Waals surface area contributed by atoms with Gasteiger partial charge < -0.3 is 9.73 Å². The molecule has 1 aliphatic heterocycles. The Hall–Kier alpha value is -0.780. The number of fused-ring (bicyclic) bond motifs is 1. The van der Waals surface area contributed by atoms with Gasteiger partial charge in [0.2, 0.25) is 5.89 Å². The Labute approximate surface area is 115 Å². The third-order valence-corrected chi connectivity index (χ3v) is 5.21. The zero-order valence-electron chi connectivity index (χ0n) is 10.4. The zero-order chi connectivity index (χ0) is 12.4. The van der Waals surface area contributed by atoms with Gasteiger partial charge in [0, 0.05) is 10.6 Å². The van der Waals surface area contributed by atoms with Crippen molar-refractivity contribution in [3.05, 3.63) is 28.6 Å². The largest absolute Gasteiger partial charge is 0.438 e. The summed E-state index contributed by atoms with van der Waals surface area (Å²) in [4.78, 5) is 7.05. The van der Waals surface area contributed by atoms with Gasteiger partial charge in [-0.05, 0) is 30.3 Å². The minimum atomic E-state index is 0.706. The van der Waals surface area contributed by atoms with Gasteiger partial charge in [-0.1, -0.05) is 6.92 Å². The van der Waals surface area contributed by atoms with E-state index < -0.39 is 0 Å². The second kappa shape index (κ2) is 5.47. The summed E-state index contributed by atoms with van der Waals surface area (Å²) in [5, 5.41) is 3.22. The third kappa shape index (κ3) is 2.48. The van der Waals surface area contributed by atoms with Crippen molar-refractivity contribution in [3.63, 3.8) is 0 Å². The van der Waals surface area contributed by atoms with E-state index in [9.17, 15) is 0 Å². The average molecular weight is 280 g/mol. The predicted octanol–water partition coefficient (Wildman–Crippen LogP) is 3.30. The van der Waals surface area contributed by atoms with Gasteiger partial charge in [-0.15, -0.1) is 11.3 Å². The van der Waals surface area contributed by atoms with E-state index in [1.54, 1.807) is 0 Å². The summed E-state index contributed by atoms with van der Waals surface area (Å²) in [5.41, 5.74) is 1.48. The fourth-order valence-corrected chi connectivity index (χ4v) is 4.33. The topological polar surface area (TPSA) is 38.1 Å². The molecule has 0 aliphatic carbocycles. The summed E-state index contributed by atoms with van der Waals surface area (Å²) in [6.07, 6.45) is 3.04. The standard InChI is InChI=1S/C13H16N2OS2/c1-2-14-7-13-15-6-10(16-13)12-5-9-8-17-4-3-11(9)18-12/h5-6,14H,2-4,7-8H2,1H3. The molecule has 0 spiro atoms. The maximum absolute atomic E-state index is 5.78. The minimum Gasteiger partial charge on any atom is -0.438 e. The molecule has 0 saturated carbocycles. The summed E-state index contributed by atoms with van der Waals surface area (Å²) >= 11 is 3.87. The number of aromatic nitrogens is 1. The van der Waals surface area contributed by atoms with Crippen LogP contribution in [0.15, 0.2) is 16.7 Å². The highest BCUT2D eigenvalue weighted by molar-refractivity contribution is 7.98. The molecule has 0 radical (unpaired) electrons. The molecule has 18 heavy (non-hydrogen) atoms. The Kier molecular flexibility index (Phi) is 3.72. The minimum absolute atomic E-state index is 0.706. The molecule has 0 bridgehead atoms. The monoisotopic (exact) mass is 280 g/mol. The van der Waals surface area contributed by atoms with Gasteiger partial charge in [0.15, 0.2) is 5.76 Å². The van der Waals surface area contributed by atoms with Crippen molar-refractivity contribution in [2.75, 3.05) is 12.3 Å². The Morgan fingerprint density at radius 1 is 1.50 bits per heavy atom. The van der Waals surface area contributed by atoms with Crippen molar-refractivity contribution in [1.29, 1.82) is 0 Å². The first-order valence-electron chi connectivity index (χ1n) is 6.22. The molecule has 0 atom stereocenters. The van der Waals surface area contributed by atoms with Crippen molar-refractivity contribution >= 4 is 23.1 Å². The number of thioether (sulfide) groups is 1. The lowest BCUT2D eigenvalue weighted by Crippen LogP contribution is -2.11. The number of thiophene rings is 1. The number of rotatable bonds is 4. The molecule has 3 heterocycles. The van der Waals surface area contributed by atoms with E-state index in [2.05, 4.69) is 23.3 Å². The summed E-state index contributed by atoms with van der Waals surface area (Å²) in [6.45, 7) is 3.72. The molecule has 1 N–H and O–H groups in total. The summed E-state index contributed by atoms with van der Waals surface area (Å²) in [5.74, 6) is 4.07. The molecule has 5 heteroatoms. The molecular formula is C13H16N2OS2. The molecule has 0 amide bonds. The maximum Gasteiger partial charge on any atom is 0.208 e. The van der Waals surface area contributed by atoms with E-state index in [1.165, 1.54) is 27.5 Å². The Bertz CT molecular complexity index is 509. The van der Waals surface area contributed by atoms with Gasteiger partial charge in [0.05, 0.1) is 17.6 Å².